The molecule has 3 heterocycles. The van der Waals surface area contributed by atoms with Gasteiger partial charge in [0.05, 0.1) is 12.0 Å². The highest BCUT2D eigenvalue weighted by atomic mass is 16.3. The van der Waals surface area contributed by atoms with Crippen LogP contribution in [0.3, 0.4) is 0 Å². The van der Waals surface area contributed by atoms with Crippen LogP contribution in [0.2, 0.25) is 0 Å². The standard InChI is InChI=1S/C17H16N2O3/c1-11-6-7-12(15-5-3-9-22-15)10-14(11)19-16(20)13-4-2-8-18(13)17(19)21/h3,5-7,9-10,13H,2,4,8H2,1H3. The molecule has 22 heavy (non-hydrogen) atoms. The predicted octanol–water partition coefficient (Wildman–Crippen LogP) is 3.19. The lowest BCUT2D eigenvalue weighted by atomic mass is 10.1. The van der Waals surface area contributed by atoms with E-state index in [9.17, 15) is 9.59 Å². The number of furan rings is 1. The van der Waals surface area contributed by atoms with Crippen molar-refractivity contribution in [2.75, 3.05) is 11.4 Å². The third-order valence-corrected chi connectivity index (χ3v) is 4.45. The lowest BCUT2D eigenvalue weighted by Crippen LogP contribution is -2.33. The Bertz CT molecular complexity index is 729. The summed E-state index contributed by atoms with van der Waals surface area (Å²) in [6.07, 6.45) is 3.27. The smallest absolute Gasteiger partial charge is 0.332 e. The van der Waals surface area contributed by atoms with E-state index in [4.69, 9.17) is 4.42 Å². The maximum Gasteiger partial charge on any atom is 0.332 e. The van der Waals surface area contributed by atoms with Crippen LogP contribution in [-0.4, -0.2) is 29.4 Å². The highest BCUT2D eigenvalue weighted by Crippen LogP contribution is 2.35. The Labute approximate surface area is 128 Å². The van der Waals surface area contributed by atoms with Crippen LogP contribution in [0.1, 0.15) is 18.4 Å². The number of rotatable bonds is 2. The zero-order valence-corrected chi connectivity index (χ0v) is 12.3. The molecule has 2 aliphatic heterocycles. The molecule has 2 fully saturated rings. The van der Waals surface area contributed by atoms with Crippen molar-refractivity contribution < 1.29 is 14.0 Å². The first-order valence-electron chi connectivity index (χ1n) is 7.46. The van der Waals surface area contributed by atoms with Crippen LogP contribution < -0.4 is 4.90 Å². The molecule has 2 saturated heterocycles. The van der Waals surface area contributed by atoms with Crippen molar-refractivity contribution in [3.8, 4) is 11.3 Å². The highest BCUT2D eigenvalue weighted by Gasteiger charge is 2.48. The van der Waals surface area contributed by atoms with E-state index >= 15 is 0 Å². The number of amides is 3. The fourth-order valence-corrected chi connectivity index (χ4v) is 3.29. The lowest BCUT2D eigenvalue weighted by molar-refractivity contribution is -0.119. The number of benzene rings is 1. The zero-order chi connectivity index (χ0) is 15.3. The molecule has 5 heteroatoms. The lowest BCUT2D eigenvalue weighted by Gasteiger charge is -2.18. The van der Waals surface area contributed by atoms with Crippen molar-refractivity contribution in [3.63, 3.8) is 0 Å². The molecule has 2 aliphatic rings. The van der Waals surface area contributed by atoms with Gasteiger partial charge in [-0.05, 0) is 43.5 Å². The topological polar surface area (TPSA) is 53.8 Å². The quantitative estimate of drug-likeness (QED) is 0.800. The van der Waals surface area contributed by atoms with E-state index in [0.717, 1.165) is 29.7 Å². The summed E-state index contributed by atoms with van der Waals surface area (Å²) in [6, 6.07) is 8.90. The summed E-state index contributed by atoms with van der Waals surface area (Å²) in [5.74, 6) is 0.614. The average Bonchev–Trinajstić information content (AvgIpc) is 3.23. The van der Waals surface area contributed by atoms with Crippen molar-refractivity contribution in [3.05, 3.63) is 42.2 Å². The maximum absolute atomic E-state index is 12.6. The minimum absolute atomic E-state index is 0.109. The van der Waals surface area contributed by atoms with Gasteiger partial charge in [-0.15, -0.1) is 0 Å². The Hall–Kier alpha value is -2.56. The van der Waals surface area contributed by atoms with Gasteiger partial charge >= 0.3 is 6.03 Å². The number of nitrogens with zero attached hydrogens (tertiary/aromatic N) is 2. The van der Waals surface area contributed by atoms with E-state index < -0.39 is 0 Å². The van der Waals surface area contributed by atoms with E-state index in [0.29, 0.717) is 12.2 Å². The van der Waals surface area contributed by atoms with E-state index in [-0.39, 0.29) is 18.0 Å². The summed E-state index contributed by atoms with van der Waals surface area (Å²) >= 11 is 0. The molecule has 0 bridgehead atoms. The van der Waals surface area contributed by atoms with Crippen LogP contribution in [-0.2, 0) is 4.79 Å². The van der Waals surface area contributed by atoms with Gasteiger partial charge in [0.1, 0.15) is 11.8 Å². The van der Waals surface area contributed by atoms with Crippen LogP contribution in [0.25, 0.3) is 11.3 Å². The van der Waals surface area contributed by atoms with Gasteiger partial charge in [-0.3, -0.25) is 4.79 Å². The number of urea groups is 1. The molecule has 2 aromatic rings. The Morgan fingerprint density at radius 2 is 2.09 bits per heavy atom. The Morgan fingerprint density at radius 1 is 1.23 bits per heavy atom. The van der Waals surface area contributed by atoms with Crippen molar-refractivity contribution >= 4 is 17.6 Å². The molecule has 1 aromatic carbocycles. The maximum atomic E-state index is 12.6. The summed E-state index contributed by atoms with van der Waals surface area (Å²) in [5, 5.41) is 0. The fourth-order valence-electron chi connectivity index (χ4n) is 3.29. The molecular formula is C17H16N2O3. The van der Waals surface area contributed by atoms with Crippen molar-refractivity contribution in [2.24, 2.45) is 0 Å². The van der Waals surface area contributed by atoms with Gasteiger partial charge in [-0.1, -0.05) is 12.1 Å². The Balaban J connectivity index is 1.78. The largest absolute Gasteiger partial charge is 0.464 e. The third kappa shape index (κ3) is 1.78. The van der Waals surface area contributed by atoms with Crippen LogP contribution in [0.4, 0.5) is 10.5 Å². The van der Waals surface area contributed by atoms with Crippen molar-refractivity contribution in [2.45, 2.75) is 25.8 Å². The molecule has 1 atom stereocenters. The summed E-state index contributed by atoms with van der Waals surface area (Å²) in [6.45, 7) is 2.58. The van der Waals surface area contributed by atoms with Gasteiger partial charge in [0.15, 0.2) is 0 Å². The number of carbonyl (C=O) groups excluding carboxylic acids is 2. The van der Waals surface area contributed by atoms with Crippen molar-refractivity contribution in [1.29, 1.82) is 0 Å². The van der Waals surface area contributed by atoms with Gasteiger partial charge in [-0.25, -0.2) is 9.69 Å². The highest BCUT2D eigenvalue weighted by molar-refractivity contribution is 6.22. The minimum Gasteiger partial charge on any atom is -0.464 e. The predicted molar refractivity (Wildman–Crippen MR) is 81.5 cm³/mol. The summed E-state index contributed by atoms with van der Waals surface area (Å²) in [4.78, 5) is 28.2. The molecule has 0 saturated carbocycles. The van der Waals surface area contributed by atoms with Gasteiger partial charge in [-0.2, -0.15) is 0 Å². The molecule has 4 rings (SSSR count). The Kier molecular flexibility index (Phi) is 2.82. The van der Waals surface area contributed by atoms with E-state index in [2.05, 4.69) is 0 Å². The molecule has 0 radical (unpaired) electrons. The molecule has 112 valence electrons. The molecule has 3 amide bonds. The van der Waals surface area contributed by atoms with Gasteiger partial charge < -0.3 is 9.32 Å². The molecular weight excluding hydrogens is 280 g/mol. The zero-order valence-electron chi connectivity index (χ0n) is 12.3. The molecule has 5 nitrogen and oxygen atoms in total. The van der Waals surface area contributed by atoms with Crippen LogP contribution >= 0.6 is 0 Å². The normalized spacial score (nSPS) is 20.9. The number of imide groups is 1. The number of anilines is 1. The second-order valence-electron chi connectivity index (χ2n) is 5.79. The van der Waals surface area contributed by atoms with Crippen LogP contribution in [0.5, 0.6) is 0 Å². The SMILES string of the molecule is Cc1ccc(-c2ccco2)cc1N1C(=O)C2CCCN2C1=O. The first-order valence-corrected chi connectivity index (χ1v) is 7.46. The number of fused-ring (bicyclic) bond motifs is 1. The summed E-state index contributed by atoms with van der Waals surface area (Å²) in [5.41, 5.74) is 2.41. The fraction of sp³-hybridized carbons (Fsp3) is 0.294. The molecule has 0 N–H and O–H groups in total. The number of carbonyl (C=O) groups is 2. The second-order valence-corrected chi connectivity index (χ2v) is 5.79. The molecule has 0 spiro atoms. The summed E-state index contributed by atoms with van der Waals surface area (Å²) in [7, 11) is 0. The van der Waals surface area contributed by atoms with Crippen molar-refractivity contribution in [1.82, 2.24) is 4.90 Å². The van der Waals surface area contributed by atoms with Gasteiger partial charge in [0.25, 0.3) is 5.91 Å². The number of aryl methyl sites for hydroxylation is 1. The van der Waals surface area contributed by atoms with E-state index in [1.165, 1.54) is 4.90 Å². The van der Waals surface area contributed by atoms with E-state index in [1.807, 2.05) is 37.3 Å². The number of hydrogen-bond acceptors (Lipinski definition) is 3. The molecule has 0 aliphatic carbocycles. The second kappa shape index (κ2) is 4.73. The Morgan fingerprint density at radius 3 is 2.82 bits per heavy atom. The first-order chi connectivity index (χ1) is 10.7. The monoisotopic (exact) mass is 296 g/mol. The summed E-state index contributed by atoms with van der Waals surface area (Å²) < 4.78 is 5.41. The van der Waals surface area contributed by atoms with E-state index in [1.54, 1.807) is 11.2 Å². The molecule has 1 aromatic heterocycles. The average molecular weight is 296 g/mol. The molecule has 1 unspecified atom stereocenters. The first kappa shape index (κ1) is 13.1. The van der Waals surface area contributed by atoms with Crippen LogP contribution in [0, 0.1) is 6.92 Å². The minimum atomic E-state index is -0.279. The number of hydrogen-bond donors (Lipinski definition) is 0. The van der Waals surface area contributed by atoms with Crippen LogP contribution in [0.15, 0.2) is 41.0 Å². The third-order valence-electron chi connectivity index (χ3n) is 4.45. The van der Waals surface area contributed by atoms with Gasteiger partial charge in [0.2, 0.25) is 0 Å². The van der Waals surface area contributed by atoms with Gasteiger partial charge in [0, 0.05) is 12.1 Å².